The van der Waals surface area contributed by atoms with Crippen LogP contribution >= 0.6 is 0 Å². The Kier molecular flexibility index (Phi) is 6.59. The highest BCUT2D eigenvalue weighted by Gasteiger charge is 2.17. The lowest BCUT2D eigenvalue weighted by Crippen LogP contribution is -2.18. The van der Waals surface area contributed by atoms with Gasteiger partial charge in [-0.05, 0) is 37.3 Å². The number of nitro benzene ring substituents is 1. The molecule has 0 radical (unpaired) electrons. The molecule has 0 aromatic heterocycles. The maximum atomic E-state index is 12.2. The summed E-state index contributed by atoms with van der Waals surface area (Å²) >= 11 is 0. The van der Waals surface area contributed by atoms with E-state index in [1.165, 1.54) is 24.3 Å². The maximum absolute atomic E-state index is 12.2. The number of ketones is 1. The second kappa shape index (κ2) is 8.90. The zero-order valence-corrected chi connectivity index (χ0v) is 15.7. The van der Waals surface area contributed by atoms with Gasteiger partial charge in [-0.25, -0.2) is 4.79 Å². The van der Waals surface area contributed by atoms with E-state index in [4.69, 9.17) is 4.74 Å². The molecule has 1 amide bonds. The van der Waals surface area contributed by atoms with Gasteiger partial charge in [-0.1, -0.05) is 19.9 Å². The molecular formula is C20H20N2O6. The molecule has 0 unspecified atom stereocenters. The molecule has 0 saturated carbocycles. The van der Waals surface area contributed by atoms with Crippen molar-refractivity contribution in [2.45, 2.75) is 20.8 Å². The summed E-state index contributed by atoms with van der Waals surface area (Å²) in [5.41, 5.74) is 1.09. The summed E-state index contributed by atoms with van der Waals surface area (Å²) in [6.45, 7) is 4.59. The maximum Gasteiger partial charge on any atom is 0.338 e. The minimum Gasteiger partial charge on any atom is -0.454 e. The molecule has 0 heterocycles. The smallest absolute Gasteiger partial charge is 0.338 e. The van der Waals surface area contributed by atoms with E-state index >= 15 is 0 Å². The SMILES string of the molecule is Cc1ccc(C(=O)OCC(=O)c2ccc(NC(=O)C(C)C)cc2)cc1[N+](=O)[O-]. The molecule has 8 heteroatoms. The number of carbonyl (C=O) groups is 3. The van der Waals surface area contributed by atoms with Crippen LogP contribution in [0.1, 0.15) is 40.1 Å². The molecule has 146 valence electrons. The summed E-state index contributed by atoms with van der Waals surface area (Å²) in [5, 5.41) is 13.7. The Labute approximate surface area is 161 Å². The average molecular weight is 384 g/mol. The zero-order chi connectivity index (χ0) is 20.8. The first-order chi connectivity index (χ1) is 13.2. The molecule has 28 heavy (non-hydrogen) atoms. The summed E-state index contributed by atoms with van der Waals surface area (Å²) in [6, 6.07) is 10.2. The van der Waals surface area contributed by atoms with Gasteiger partial charge in [0.15, 0.2) is 12.4 Å². The van der Waals surface area contributed by atoms with Crippen molar-refractivity contribution in [2.24, 2.45) is 5.92 Å². The van der Waals surface area contributed by atoms with E-state index in [9.17, 15) is 24.5 Å². The van der Waals surface area contributed by atoms with Crippen LogP contribution in [0.25, 0.3) is 0 Å². The Hall–Kier alpha value is -3.55. The van der Waals surface area contributed by atoms with Gasteiger partial charge in [-0.2, -0.15) is 0 Å². The number of nitro groups is 1. The molecule has 1 N–H and O–H groups in total. The predicted molar refractivity (Wildman–Crippen MR) is 102 cm³/mol. The quantitative estimate of drug-likeness (QED) is 0.338. The first-order valence-corrected chi connectivity index (χ1v) is 8.55. The van der Waals surface area contributed by atoms with Crippen LogP contribution in [0, 0.1) is 23.0 Å². The van der Waals surface area contributed by atoms with Crippen molar-refractivity contribution in [1.29, 1.82) is 0 Å². The molecule has 0 aliphatic heterocycles. The number of nitrogens with one attached hydrogen (secondary N) is 1. The van der Waals surface area contributed by atoms with Crippen LogP contribution in [0.15, 0.2) is 42.5 Å². The lowest BCUT2D eigenvalue weighted by atomic mass is 10.1. The molecule has 0 spiro atoms. The number of nitrogens with zero attached hydrogens (tertiary/aromatic N) is 1. The molecule has 8 nitrogen and oxygen atoms in total. The topological polar surface area (TPSA) is 116 Å². The molecule has 0 aliphatic carbocycles. The molecule has 0 aliphatic rings. The minimum absolute atomic E-state index is 0.00292. The Morgan fingerprint density at radius 3 is 2.25 bits per heavy atom. The molecule has 2 aromatic rings. The second-order valence-corrected chi connectivity index (χ2v) is 6.48. The fourth-order valence-electron chi connectivity index (χ4n) is 2.26. The molecule has 2 aromatic carbocycles. The molecule has 0 bridgehead atoms. The van der Waals surface area contributed by atoms with Crippen LogP contribution in [0.3, 0.4) is 0 Å². The number of aryl methyl sites for hydroxylation is 1. The van der Waals surface area contributed by atoms with E-state index < -0.39 is 23.3 Å². The van der Waals surface area contributed by atoms with Gasteiger partial charge in [0.05, 0.1) is 10.5 Å². The Morgan fingerprint density at radius 1 is 1.07 bits per heavy atom. The van der Waals surface area contributed by atoms with Crippen molar-refractivity contribution >= 4 is 29.0 Å². The average Bonchev–Trinajstić information content (AvgIpc) is 2.66. The van der Waals surface area contributed by atoms with E-state index in [1.807, 2.05) is 0 Å². The number of hydrogen-bond acceptors (Lipinski definition) is 6. The van der Waals surface area contributed by atoms with Crippen molar-refractivity contribution in [3.8, 4) is 0 Å². The highest BCUT2D eigenvalue weighted by atomic mass is 16.6. The number of hydrogen-bond donors (Lipinski definition) is 1. The first-order valence-electron chi connectivity index (χ1n) is 8.55. The molecule has 0 atom stereocenters. The minimum atomic E-state index is -0.822. The van der Waals surface area contributed by atoms with Crippen molar-refractivity contribution < 1.29 is 24.0 Å². The number of amides is 1. The third-order valence-electron chi connectivity index (χ3n) is 3.97. The highest BCUT2D eigenvalue weighted by Crippen LogP contribution is 2.20. The van der Waals surface area contributed by atoms with Gasteiger partial charge in [0.25, 0.3) is 5.69 Å². The number of rotatable bonds is 7. The van der Waals surface area contributed by atoms with E-state index in [1.54, 1.807) is 32.9 Å². The van der Waals surface area contributed by atoms with E-state index in [-0.39, 0.29) is 23.1 Å². The van der Waals surface area contributed by atoms with Crippen molar-refractivity contribution in [1.82, 2.24) is 0 Å². The zero-order valence-electron chi connectivity index (χ0n) is 15.7. The number of esters is 1. The van der Waals surface area contributed by atoms with E-state index in [2.05, 4.69) is 5.32 Å². The van der Waals surface area contributed by atoms with Crippen LogP contribution in [0.5, 0.6) is 0 Å². The third kappa shape index (κ3) is 5.23. The first kappa shape index (κ1) is 20.8. The fraction of sp³-hybridized carbons (Fsp3) is 0.250. The lowest BCUT2D eigenvalue weighted by Gasteiger charge is -2.08. The normalized spacial score (nSPS) is 10.4. The van der Waals surface area contributed by atoms with Crippen LogP contribution in [-0.4, -0.2) is 29.2 Å². The standard InChI is InChI=1S/C20H20N2O6/c1-12(2)19(24)21-16-8-6-14(7-9-16)18(23)11-28-20(25)15-5-4-13(3)17(10-15)22(26)27/h4-10,12H,11H2,1-3H3,(H,21,24). The second-order valence-electron chi connectivity index (χ2n) is 6.48. The summed E-state index contributed by atoms with van der Waals surface area (Å²) in [6.07, 6.45) is 0. The Morgan fingerprint density at radius 2 is 1.68 bits per heavy atom. The van der Waals surface area contributed by atoms with Crippen molar-refractivity contribution in [3.05, 3.63) is 69.3 Å². The molecule has 0 saturated heterocycles. The number of carbonyl (C=O) groups excluding carboxylic acids is 3. The van der Waals surface area contributed by atoms with Gasteiger partial charge in [0.1, 0.15) is 0 Å². The molecular weight excluding hydrogens is 364 g/mol. The van der Waals surface area contributed by atoms with Crippen LogP contribution in [0.4, 0.5) is 11.4 Å². The largest absolute Gasteiger partial charge is 0.454 e. The van der Waals surface area contributed by atoms with E-state index in [0.29, 0.717) is 16.8 Å². The van der Waals surface area contributed by atoms with E-state index in [0.717, 1.165) is 6.07 Å². The summed E-state index contributed by atoms with van der Waals surface area (Å²) in [5.74, 6) is -1.56. The fourth-order valence-corrected chi connectivity index (χ4v) is 2.26. The van der Waals surface area contributed by atoms with Gasteiger partial charge >= 0.3 is 5.97 Å². The lowest BCUT2D eigenvalue weighted by molar-refractivity contribution is -0.385. The van der Waals surface area contributed by atoms with Crippen LogP contribution in [-0.2, 0) is 9.53 Å². The van der Waals surface area contributed by atoms with Gasteiger partial charge in [-0.3, -0.25) is 19.7 Å². The van der Waals surface area contributed by atoms with Crippen LogP contribution in [0.2, 0.25) is 0 Å². The summed E-state index contributed by atoms with van der Waals surface area (Å²) in [7, 11) is 0. The Balaban J connectivity index is 1.98. The highest BCUT2D eigenvalue weighted by molar-refractivity contribution is 6.00. The number of benzene rings is 2. The predicted octanol–water partition coefficient (Wildman–Crippen LogP) is 3.54. The monoisotopic (exact) mass is 384 g/mol. The van der Waals surface area contributed by atoms with Gasteiger partial charge in [0, 0.05) is 28.8 Å². The molecule has 0 fully saturated rings. The van der Waals surface area contributed by atoms with Crippen molar-refractivity contribution in [2.75, 3.05) is 11.9 Å². The molecule has 2 rings (SSSR count). The summed E-state index contributed by atoms with van der Waals surface area (Å²) < 4.78 is 4.96. The van der Waals surface area contributed by atoms with Crippen molar-refractivity contribution in [3.63, 3.8) is 0 Å². The van der Waals surface area contributed by atoms with Gasteiger partial charge < -0.3 is 10.1 Å². The summed E-state index contributed by atoms with van der Waals surface area (Å²) in [4.78, 5) is 46.3. The number of ether oxygens (including phenoxy) is 1. The van der Waals surface area contributed by atoms with Gasteiger partial charge in [-0.15, -0.1) is 0 Å². The number of anilines is 1. The third-order valence-corrected chi connectivity index (χ3v) is 3.97. The number of Topliss-reactive ketones (excluding diaryl/α,β-unsaturated/α-hetero) is 1. The Bertz CT molecular complexity index is 919. The van der Waals surface area contributed by atoms with Crippen LogP contribution < -0.4 is 5.32 Å². The van der Waals surface area contributed by atoms with Gasteiger partial charge in [0.2, 0.25) is 5.91 Å².